The highest BCUT2D eigenvalue weighted by Crippen LogP contribution is 2.31. The van der Waals surface area contributed by atoms with Gasteiger partial charge in [-0.15, -0.1) is 0 Å². The molecule has 2 aliphatic rings. The Hall–Kier alpha value is -3.55. The molecule has 33 heavy (non-hydrogen) atoms. The summed E-state index contributed by atoms with van der Waals surface area (Å²) in [6.45, 7) is 1.34. The van der Waals surface area contributed by atoms with Crippen molar-refractivity contribution in [2.45, 2.75) is 38.6 Å². The number of benzene rings is 1. The van der Waals surface area contributed by atoms with E-state index in [2.05, 4.69) is 10.3 Å². The first-order valence-electron chi connectivity index (χ1n) is 11.4. The molecule has 1 atom stereocenters. The van der Waals surface area contributed by atoms with Crippen LogP contribution in [-0.4, -0.2) is 39.7 Å². The lowest BCUT2D eigenvalue weighted by Gasteiger charge is -2.17. The summed E-state index contributed by atoms with van der Waals surface area (Å²) >= 11 is 0. The number of hydrogen-bond acceptors (Lipinski definition) is 4. The number of carbonyl (C=O) groups excluding carboxylic acids is 2. The van der Waals surface area contributed by atoms with E-state index in [0.717, 1.165) is 36.9 Å². The summed E-state index contributed by atoms with van der Waals surface area (Å²) in [7, 11) is 0. The number of rotatable bonds is 6. The third-order valence-electron chi connectivity index (χ3n) is 6.47. The van der Waals surface area contributed by atoms with Gasteiger partial charge in [-0.2, -0.15) is 5.10 Å². The van der Waals surface area contributed by atoms with Crippen LogP contribution in [0.4, 0.5) is 10.1 Å². The van der Waals surface area contributed by atoms with Crippen molar-refractivity contribution in [3.8, 4) is 11.3 Å². The third kappa shape index (κ3) is 4.37. The topological polar surface area (TPSA) is 80.1 Å². The maximum atomic E-state index is 13.2. The third-order valence-corrected chi connectivity index (χ3v) is 6.47. The molecule has 8 heteroatoms. The van der Waals surface area contributed by atoms with Crippen molar-refractivity contribution in [1.82, 2.24) is 20.1 Å². The molecule has 0 bridgehead atoms. The first-order chi connectivity index (χ1) is 16.1. The van der Waals surface area contributed by atoms with Gasteiger partial charge in [-0.3, -0.25) is 19.3 Å². The minimum absolute atomic E-state index is 0.120. The van der Waals surface area contributed by atoms with E-state index in [0.29, 0.717) is 25.3 Å². The van der Waals surface area contributed by atoms with Crippen LogP contribution in [0.1, 0.15) is 30.5 Å². The number of aromatic nitrogens is 3. The zero-order valence-corrected chi connectivity index (χ0v) is 18.3. The van der Waals surface area contributed by atoms with Crippen molar-refractivity contribution >= 4 is 17.5 Å². The quantitative estimate of drug-likeness (QED) is 0.630. The number of carbonyl (C=O) groups is 2. The number of pyridine rings is 1. The van der Waals surface area contributed by atoms with Gasteiger partial charge < -0.3 is 10.2 Å². The number of amides is 2. The minimum atomic E-state index is -0.415. The standard InChI is InChI=1S/C25H26FN5O2/c26-19-5-7-20(8-6-19)30-16-18(15-23(30)32)25(33)28-13-14-31-22-4-2-1-3-21(22)24(29-31)17-9-11-27-12-10-17/h5-12,18H,1-4,13-16H2,(H,28,33). The summed E-state index contributed by atoms with van der Waals surface area (Å²) < 4.78 is 15.2. The van der Waals surface area contributed by atoms with Crippen LogP contribution >= 0.6 is 0 Å². The predicted molar refractivity (Wildman–Crippen MR) is 122 cm³/mol. The number of nitrogens with zero attached hydrogens (tertiary/aromatic N) is 4. The van der Waals surface area contributed by atoms with Gasteiger partial charge in [0.2, 0.25) is 11.8 Å². The van der Waals surface area contributed by atoms with Gasteiger partial charge in [0.15, 0.2) is 0 Å². The average Bonchev–Trinajstić information content (AvgIpc) is 3.41. The van der Waals surface area contributed by atoms with Gasteiger partial charge in [0.25, 0.3) is 0 Å². The van der Waals surface area contributed by atoms with E-state index in [1.165, 1.54) is 23.4 Å². The molecule has 2 aromatic heterocycles. The van der Waals surface area contributed by atoms with Gasteiger partial charge in [0.1, 0.15) is 5.82 Å². The summed E-state index contributed by atoms with van der Waals surface area (Å²) in [5.41, 5.74) is 5.24. The van der Waals surface area contributed by atoms with Gasteiger partial charge in [-0.1, -0.05) is 0 Å². The fourth-order valence-corrected chi connectivity index (χ4v) is 4.78. The normalized spacial score (nSPS) is 17.8. The largest absolute Gasteiger partial charge is 0.354 e. The average molecular weight is 448 g/mol. The molecule has 1 N–H and O–H groups in total. The van der Waals surface area contributed by atoms with Crippen LogP contribution < -0.4 is 10.2 Å². The number of anilines is 1. The summed E-state index contributed by atoms with van der Waals surface area (Å²) in [6.07, 6.45) is 8.03. The number of halogens is 1. The van der Waals surface area contributed by atoms with E-state index in [1.54, 1.807) is 29.4 Å². The van der Waals surface area contributed by atoms with Gasteiger partial charge in [0, 0.05) is 54.4 Å². The highest BCUT2D eigenvalue weighted by atomic mass is 19.1. The molecule has 1 aromatic carbocycles. The zero-order chi connectivity index (χ0) is 22.8. The molecule has 0 radical (unpaired) electrons. The Kier molecular flexibility index (Phi) is 5.90. The molecule has 3 aromatic rings. The van der Waals surface area contributed by atoms with Crippen LogP contribution in [0.25, 0.3) is 11.3 Å². The lowest BCUT2D eigenvalue weighted by Crippen LogP contribution is -2.35. The lowest BCUT2D eigenvalue weighted by molar-refractivity contribution is -0.126. The van der Waals surface area contributed by atoms with Crippen molar-refractivity contribution < 1.29 is 14.0 Å². The predicted octanol–water partition coefficient (Wildman–Crippen LogP) is 3.13. The SMILES string of the molecule is O=C(NCCn1nc(-c2ccncc2)c2c1CCCC2)C1CC(=O)N(c2ccc(F)cc2)C1. The zero-order valence-electron chi connectivity index (χ0n) is 18.3. The second-order valence-corrected chi connectivity index (χ2v) is 8.61. The molecule has 1 unspecified atom stereocenters. The highest BCUT2D eigenvalue weighted by molar-refractivity contribution is 6.00. The number of hydrogen-bond donors (Lipinski definition) is 1. The van der Waals surface area contributed by atoms with Crippen LogP contribution in [-0.2, 0) is 29.0 Å². The lowest BCUT2D eigenvalue weighted by atomic mass is 9.94. The second kappa shape index (κ2) is 9.13. The minimum Gasteiger partial charge on any atom is -0.354 e. The van der Waals surface area contributed by atoms with Crippen molar-refractivity contribution in [1.29, 1.82) is 0 Å². The molecular formula is C25H26FN5O2. The van der Waals surface area contributed by atoms with Crippen molar-refractivity contribution in [2.24, 2.45) is 5.92 Å². The molecule has 1 saturated heterocycles. The molecule has 0 saturated carbocycles. The molecule has 1 aliphatic carbocycles. The maximum Gasteiger partial charge on any atom is 0.227 e. The summed E-state index contributed by atoms with van der Waals surface area (Å²) in [6, 6.07) is 9.73. The number of nitrogens with one attached hydrogen (secondary N) is 1. The molecule has 2 amide bonds. The molecule has 0 spiro atoms. The van der Waals surface area contributed by atoms with Crippen LogP contribution in [0.5, 0.6) is 0 Å². The molecule has 1 aliphatic heterocycles. The summed E-state index contributed by atoms with van der Waals surface area (Å²) in [4.78, 5) is 30.8. The highest BCUT2D eigenvalue weighted by Gasteiger charge is 2.35. The van der Waals surface area contributed by atoms with Crippen LogP contribution in [0.15, 0.2) is 48.8 Å². The fraction of sp³-hybridized carbons (Fsp3) is 0.360. The van der Waals surface area contributed by atoms with Crippen molar-refractivity contribution in [3.05, 3.63) is 65.9 Å². The fourth-order valence-electron chi connectivity index (χ4n) is 4.78. The van der Waals surface area contributed by atoms with Gasteiger partial charge >= 0.3 is 0 Å². The first-order valence-corrected chi connectivity index (χ1v) is 11.4. The molecule has 5 rings (SSSR count). The van der Waals surface area contributed by atoms with E-state index in [1.807, 2.05) is 16.8 Å². The number of fused-ring (bicyclic) bond motifs is 1. The van der Waals surface area contributed by atoms with E-state index < -0.39 is 5.92 Å². The van der Waals surface area contributed by atoms with E-state index in [-0.39, 0.29) is 24.1 Å². The van der Waals surface area contributed by atoms with Crippen LogP contribution in [0.3, 0.4) is 0 Å². The Labute approximate surface area is 191 Å². The Bertz CT molecular complexity index is 1160. The molecule has 7 nitrogen and oxygen atoms in total. The van der Waals surface area contributed by atoms with E-state index in [4.69, 9.17) is 5.10 Å². The summed E-state index contributed by atoms with van der Waals surface area (Å²) in [5, 5.41) is 7.85. The van der Waals surface area contributed by atoms with Gasteiger partial charge in [0.05, 0.1) is 18.2 Å². The van der Waals surface area contributed by atoms with Crippen LogP contribution in [0.2, 0.25) is 0 Å². The first kappa shape index (κ1) is 21.3. The summed E-state index contributed by atoms with van der Waals surface area (Å²) in [5.74, 6) is -1.03. The van der Waals surface area contributed by atoms with Crippen LogP contribution in [0, 0.1) is 11.7 Å². The van der Waals surface area contributed by atoms with Crippen molar-refractivity contribution in [3.63, 3.8) is 0 Å². The van der Waals surface area contributed by atoms with Crippen molar-refractivity contribution in [2.75, 3.05) is 18.0 Å². The van der Waals surface area contributed by atoms with E-state index >= 15 is 0 Å². The Morgan fingerprint density at radius 2 is 1.85 bits per heavy atom. The Morgan fingerprint density at radius 1 is 1.09 bits per heavy atom. The van der Waals surface area contributed by atoms with E-state index in [9.17, 15) is 14.0 Å². The molecular weight excluding hydrogens is 421 g/mol. The maximum absolute atomic E-state index is 13.2. The smallest absolute Gasteiger partial charge is 0.227 e. The van der Waals surface area contributed by atoms with Gasteiger partial charge in [-0.25, -0.2) is 4.39 Å². The Morgan fingerprint density at radius 3 is 2.64 bits per heavy atom. The molecule has 1 fully saturated rings. The monoisotopic (exact) mass is 447 g/mol. The van der Waals surface area contributed by atoms with Gasteiger partial charge in [-0.05, 0) is 62.1 Å². The molecule has 3 heterocycles. The Balaban J connectivity index is 1.22. The molecule has 170 valence electrons. The second-order valence-electron chi connectivity index (χ2n) is 8.61.